The predicted molar refractivity (Wildman–Crippen MR) is 92.7 cm³/mol. The first kappa shape index (κ1) is 16.4. The van der Waals surface area contributed by atoms with Gasteiger partial charge in [0.2, 0.25) is 0 Å². The number of hydrogen-bond donors (Lipinski definition) is 0. The minimum atomic E-state index is -0.351. The molecule has 0 saturated heterocycles. The molecular formula is C18H19FN6O. The van der Waals surface area contributed by atoms with Crippen LogP contribution in [0, 0.1) is 5.82 Å². The van der Waals surface area contributed by atoms with Crippen LogP contribution >= 0.6 is 0 Å². The molecule has 0 atom stereocenters. The fourth-order valence-electron chi connectivity index (χ4n) is 3.39. The Bertz CT molecular complexity index is 959. The lowest BCUT2D eigenvalue weighted by Gasteiger charge is -2.27. The Morgan fingerprint density at radius 2 is 2.04 bits per heavy atom. The molecule has 0 unspecified atom stereocenters. The van der Waals surface area contributed by atoms with Gasteiger partial charge in [-0.1, -0.05) is 0 Å². The van der Waals surface area contributed by atoms with E-state index in [4.69, 9.17) is 0 Å². The zero-order valence-electron chi connectivity index (χ0n) is 14.7. The van der Waals surface area contributed by atoms with Gasteiger partial charge in [-0.3, -0.25) is 9.48 Å². The molecule has 1 aromatic carbocycles. The highest BCUT2D eigenvalue weighted by Crippen LogP contribution is 2.29. The molecule has 4 rings (SSSR count). The SMILES string of the molecule is CCn1cnnc1-c1nn(C)c2c1CN(C(=O)c1ccc(F)cc1)CC2. The summed E-state index contributed by atoms with van der Waals surface area (Å²) >= 11 is 0. The van der Waals surface area contributed by atoms with Crippen molar-refractivity contribution in [2.24, 2.45) is 7.05 Å². The van der Waals surface area contributed by atoms with Crippen molar-refractivity contribution < 1.29 is 9.18 Å². The monoisotopic (exact) mass is 354 g/mol. The van der Waals surface area contributed by atoms with Crippen molar-refractivity contribution in [3.05, 3.63) is 53.2 Å². The lowest BCUT2D eigenvalue weighted by Crippen LogP contribution is -2.36. The van der Waals surface area contributed by atoms with Crippen molar-refractivity contribution in [1.29, 1.82) is 0 Å². The Morgan fingerprint density at radius 1 is 1.27 bits per heavy atom. The average molecular weight is 354 g/mol. The summed E-state index contributed by atoms with van der Waals surface area (Å²) in [5, 5.41) is 12.8. The molecule has 1 amide bonds. The van der Waals surface area contributed by atoms with Gasteiger partial charge in [-0.05, 0) is 31.2 Å². The van der Waals surface area contributed by atoms with Gasteiger partial charge in [0, 0.05) is 43.4 Å². The molecular weight excluding hydrogens is 335 g/mol. The van der Waals surface area contributed by atoms with E-state index in [1.54, 1.807) is 11.2 Å². The van der Waals surface area contributed by atoms with E-state index in [0.29, 0.717) is 30.9 Å². The largest absolute Gasteiger partial charge is 0.334 e. The summed E-state index contributed by atoms with van der Waals surface area (Å²) in [6.45, 7) is 3.81. The standard InChI is InChI=1S/C18H19FN6O/c1-3-24-11-20-21-17(24)16-14-10-25(9-8-15(14)23(2)22-16)18(26)12-4-6-13(19)7-5-12/h4-7,11H,3,8-10H2,1-2H3. The number of nitrogens with zero attached hydrogens (tertiary/aromatic N) is 6. The van der Waals surface area contributed by atoms with Gasteiger partial charge >= 0.3 is 0 Å². The maximum absolute atomic E-state index is 13.1. The van der Waals surface area contributed by atoms with Gasteiger partial charge in [-0.2, -0.15) is 5.10 Å². The number of amides is 1. The molecule has 3 heterocycles. The van der Waals surface area contributed by atoms with E-state index in [9.17, 15) is 9.18 Å². The molecule has 0 aliphatic carbocycles. The first-order valence-electron chi connectivity index (χ1n) is 8.56. The Hall–Kier alpha value is -3.03. The number of carbonyl (C=O) groups is 1. The first-order valence-corrected chi connectivity index (χ1v) is 8.56. The van der Waals surface area contributed by atoms with Crippen LogP contribution in [0.2, 0.25) is 0 Å². The highest BCUT2D eigenvalue weighted by Gasteiger charge is 2.29. The second kappa shape index (κ2) is 6.36. The van der Waals surface area contributed by atoms with Gasteiger partial charge in [0.15, 0.2) is 5.82 Å². The summed E-state index contributed by atoms with van der Waals surface area (Å²) < 4.78 is 16.9. The number of hydrogen-bond acceptors (Lipinski definition) is 4. The summed E-state index contributed by atoms with van der Waals surface area (Å²) in [5.74, 6) is 0.249. The molecule has 0 radical (unpaired) electrons. The molecule has 8 heteroatoms. The summed E-state index contributed by atoms with van der Waals surface area (Å²) in [7, 11) is 1.91. The average Bonchev–Trinajstić information content (AvgIpc) is 3.25. The fraction of sp³-hybridized carbons (Fsp3) is 0.333. The minimum Gasteiger partial charge on any atom is -0.334 e. The van der Waals surface area contributed by atoms with E-state index in [-0.39, 0.29) is 11.7 Å². The molecule has 0 fully saturated rings. The van der Waals surface area contributed by atoms with Crippen LogP contribution in [0.1, 0.15) is 28.5 Å². The number of aromatic nitrogens is 5. The van der Waals surface area contributed by atoms with Gasteiger partial charge in [0.1, 0.15) is 17.8 Å². The molecule has 7 nitrogen and oxygen atoms in total. The van der Waals surface area contributed by atoms with Crippen molar-refractivity contribution in [3.8, 4) is 11.5 Å². The van der Waals surface area contributed by atoms with E-state index in [0.717, 1.165) is 23.5 Å². The van der Waals surface area contributed by atoms with Crippen LogP contribution in [0.25, 0.3) is 11.5 Å². The molecule has 3 aromatic rings. The van der Waals surface area contributed by atoms with E-state index >= 15 is 0 Å². The molecule has 2 aromatic heterocycles. The fourth-order valence-corrected chi connectivity index (χ4v) is 3.39. The number of benzene rings is 1. The maximum Gasteiger partial charge on any atom is 0.254 e. The van der Waals surface area contributed by atoms with Gasteiger partial charge in [-0.15, -0.1) is 10.2 Å². The van der Waals surface area contributed by atoms with Crippen LogP contribution in [-0.2, 0) is 26.6 Å². The molecule has 0 saturated carbocycles. The van der Waals surface area contributed by atoms with E-state index in [1.165, 1.54) is 24.3 Å². The van der Waals surface area contributed by atoms with Crippen LogP contribution in [0.4, 0.5) is 4.39 Å². The van der Waals surface area contributed by atoms with Gasteiger partial charge in [0.25, 0.3) is 5.91 Å². The zero-order chi connectivity index (χ0) is 18.3. The van der Waals surface area contributed by atoms with E-state index in [2.05, 4.69) is 15.3 Å². The predicted octanol–water partition coefficient (Wildman–Crippen LogP) is 2.04. The molecule has 0 N–H and O–H groups in total. The highest BCUT2D eigenvalue weighted by molar-refractivity contribution is 5.94. The van der Waals surface area contributed by atoms with Crippen LogP contribution < -0.4 is 0 Å². The van der Waals surface area contributed by atoms with Crippen LogP contribution in [-0.4, -0.2) is 41.9 Å². The Kier molecular flexibility index (Phi) is 4.02. The van der Waals surface area contributed by atoms with Crippen LogP contribution in [0.15, 0.2) is 30.6 Å². The van der Waals surface area contributed by atoms with Gasteiger partial charge < -0.3 is 9.47 Å². The third kappa shape index (κ3) is 2.67. The van der Waals surface area contributed by atoms with E-state index in [1.807, 2.05) is 23.2 Å². The Balaban J connectivity index is 1.68. The molecule has 0 bridgehead atoms. The van der Waals surface area contributed by atoms with Crippen LogP contribution in [0.5, 0.6) is 0 Å². The van der Waals surface area contributed by atoms with Gasteiger partial charge in [0.05, 0.1) is 6.54 Å². The van der Waals surface area contributed by atoms with Crippen molar-refractivity contribution in [3.63, 3.8) is 0 Å². The molecule has 1 aliphatic heterocycles. The van der Waals surface area contributed by atoms with E-state index < -0.39 is 0 Å². The second-order valence-electron chi connectivity index (χ2n) is 6.32. The molecule has 134 valence electrons. The summed E-state index contributed by atoms with van der Waals surface area (Å²) in [5.41, 5.74) is 3.35. The topological polar surface area (TPSA) is 68.8 Å². The minimum absolute atomic E-state index is 0.109. The third-order valence-corrected chi connectivity index (χ3v) is 4.79. The number of aryl methyl sites for hydroxylation is 2. The van der Waals surface area contributed by atoms with Crippen LogP contribution in [0.3, 0.4) is 0 Å². The Labute approximate surface area is 150 Å². The molecule has 0 spiro atoms. The smallest absolute Gasteiger partial charge is 0.254 e. The zero-order valence-corrected chi connectivity index (χ0v) is 14.7. The van der Waals surface area contributed by atoms with Crippen molar-refractivity contribution in [2.75, 3.05) is 6.54 Å². The van der Waals surface area contributed by atoms with Crippen molar-refractivity contribution in [1.82, 2.24) is 29.4 Å². The number of halogens is 1. The summed E-state index contributed by atoms with van der Waals surface area (Å²) in [4.78, 5) is 14.6. The number of carbonyl (C=O) groups excluding carboxylic acids is 1. The van der Waals surface area contributed by atoms with Gasteiger partial charge in [-0.25, -0.2) is 4.39 Å². The molecule has 26 heavy (non-hydrogen) atoms. The lowest BCUT2D eigenvalue weighted by atomic mass is 10.0. The van der Waals surface area contributed by atoms with Crippen molar-refractivity contribution >= 4 is 5.91 Å². The summed E-state index contributed by atoms with van der Waals surface area (Å²) in [6, 6.07) is 5.65. The number of rotatable bonds is 3. The summed E-state index contributed by atoms with van der Waals surface area (Å²) in [6.07, 6.45) is 2.40. The lowest BCUT2D eigenvalue weighted by molar-refractivity contribution is 0.0733. The number of fused-ring (bicyclic) bond motifs is 1. The third-order valence-electron chi connectivity index (χ3n) is 4.79. The molecule has 1 aliphatic rings. The van der Waals surface area contributed by atoms with Crippen molar-refractivity contribution in [2.45, 2.75) is 26.4 Å². The maximum atomic E-state index is 13.1. The highest BCUT2D eigenvalue weighted by atomic mass is 19.1. The normalized spacial score (nSPS) is 13.7. The first-order chi connectivity index (χ1) is 12.6. The quantitative estimate of drug-likeness (QED) is 0.722. The second-order valence-corrected chi connectivity index (χ2v) is 6.32. The Morgan fingerprint density at radius 3 is 2.77 bits per heavy atom.